The summed E-state index contributed by atoms with van der Waals surface area (Å²) in [6.45, 7) is 4.24. The second kappa shape index (κ2) is 6.61. The van der Waals surface area contributed by atoms with Gasteiger partial charge < -0.3 is 5.32 Å². The molecule has 2 rings (SSSR count). The van der Waals surface area contributed by atoms with Crippen molar-refractivity contribution >= 4 is 0 Å². The molecule has 0 spiro atoms. The smallest absolute Gasteiger partial charge is 0.317 e. The molecule has 1 nitrogen and oxygen atoms in total. The topological polar surface area (TPSA) is 12.0 Å². The molecule has 0 saturated heterocycles. The molecule has 1 aliphatic rings. The number of halogens is 3. The molecule has 0 saturated carbocycles. The summed E-state index contributed by atoms with van der Waals surface area (Å²) in [6, 6.07) is 4.16. The molecular formula is C16H22F3N. The fourth-order valence-electron chi connectivity index (χ4n) is 2.61. The summed E-state index contributed by atoms with van der Waals surface area (Å²) in [6.07, 6.45) is 1.33. The van der Waals surface area contributed by atoms with Crippen molar-refractivity contribution in [3.63, 3.8) is 0 Å². The number of rotatable bonds is 8. The first-order valence-electron chi connectivity index (χ1n) is 7.45. The van der Waals surface area contributed by atoms with Gasteiger partial charge in [0.15, 0.2) is 0 Å². The van der Waals surface area contributed by atoms with E-state index >= 15 is 0 Å². The van der Waals surface area contributed by atoms with Crippen LogP contribution < -0.4 is 5.32 Å². The third-order valence-corrected chi connectivity index (χ3v) is 3.89. The molecule has 1 aromatic carbocycles. The van der Waals surface area contributed by atoms with E-state index < -0.39 is 11.7 Å². The summed E-state index contributed by atoms with van der Waals surface area (Å²) in [4.78, 5) is 0. The van der Waals surface area contributed by atoms with E-state index in [1.54, 1.807) is 6.07 Å². The summed E-state index contributed by atoms with van der Waals surface area (Å²) >= 11 is 0. The molecule has 0 aromatic heterocycles. The molecule has 1 aliphatic carbocycles. The summed E-state index contributed by atoms with van der Waals surface area (Å²) in [5.74, 6) is 0.279. The Bertz CT molecular complexity index is 440. The number of unbranched alkanes of at least 4 members (excludes halogenated alkanes) is 2. The van der Waals surface area contributed by atoms with Gasteiger partial charge in [0.1, 0.15) is 0 Å². The molecule has 0 bridgehead atoms. The first kappa shape index (κ1) is 15.4. The summed E-state index contributed by atoms with van der Waals surface area (Å²) in [5, 5.41) is 3.38. The Morgan fingerprint density at radius 2 is 1.80 bits per heavy atom. The first-order chi connectivity index (χ1) is 9.54. The highest BCUT2D eigenvalue weighted by Crippen LogP contribution is 2.48. The monoisotopic (exact) mass is 285 g/mol. The minimum atomic E-state index is -4.22. The highest BCUT2D eigenvalue weighted by molar-refractivity contribution is 5.54. The number of benzene rings is 1. The van der Waals surface area contributed by atoms with Gasteiger partial charge in [0.25, 0.3) is 0 Å². The lowest BCUT2D eigenvalue weighted by atomic mass is 10.1. The quantitative estimate of drug-likeness (QED) is 0.682. The van der Waals surface area contributed by atoms with Crippen molar-refractivity contribution in [3.05, 3.63) is 34.9 Å². The largest absolute Gasteiger partial charge is 0.416 e. The van der Waals surface area contributed by atoms with E-state index in [-0.39, 0.29) is 5.92 Å². The molecule has 0 heterocycles. The zero-order valence-electron chi connectivity index (χ0n) is 11.9. The number of alkyl halides is 3. The molecule has 0 fully saturated rings. The van der Waals surface area contributed by atoms with Crippen LogP contribution in [-0.4, -0.2) is 13.1 Å². The molecule has 0 amide bonds. The molecule has 4 heteroatoms. The van der Waals surface area contributed by atoms with Crippen LogP contribution in [0.25, 0.3) is 0 Å². The van der Waals surface area contributed by atoms with Crippen LogP contribution in [0.15, 0.2) is 18.2 Å². The van der Waals surface area contributed by atoms with Crippen LogP contribution in [0, 0.1) is 0 Å². The molecule has 20 heavy (non-hydrogen) atoms. The first-order valence-corrected chi connectivity index (χ1v) is 7.45. The van der Waals surface area contributed by atoms with Gasteiger partial charge in [-0.3, -0.25) is 0 Å². The van der Waals surface area contributed by atoms with Crippen LogP contribution in [0.1, 0.15) is 61.6 Å². The van der Waals surface area contributed by atoms with Crippen LogP contribution in [0.2, 0.25) is 0 Å². The number of hydrogen-bond acceptors (Lipinski definition) is 1. The van der Waals surface area contributed by atoms with Crippen molar-refractivity contribution in [2.45, 2.75) is 51.1 Å². The van der Waals surface area contributed by atoms with Crippen LogP contribution in [0.4, 0.5) is 13.2 Å². The van der Waals surface area contributed by atoms with E-state index in [1.807, 2.05) is 0 Å². The van der Waals surface area contributed by atoms with Crippen LogP contribution in [-0.2, 0) is 6.18 Å². The van der Waals surface area contributed by atoms with Gasteiger partial charge in [0.2, 0.25) is 0 Å². The van der Waals surface area contributed by atoms with Gasteiger partial charge in [-0.2, -0.15) is 13.2 Å². The molecular weight excluding hydrogens is 263 g/mol. The van der Waals surface area contributed by atoms with Crippen molar-refractivity contribution in [2.75, 3.05) is 13.1 Å². The van der Waals surface area contributed by atoms with E-state index in [4.69, 9.17) is 0 Å². The normalized spacial score (nSPS) is 17.1. The van der Waals surface area contributed by atoms with Crippen LogP contribution >= 0.6 is 0 Å². The molecule has 1 atom stereocenters. The average Bonchev–Trinajstić information content (AvgIpc) is 3.09. The minimum Gasteiger partial charge on any atom is -0.317 e. The van der Waals surface area contributed by atoms with Crippen molar-refractivity contribution < 1.29 is 13.2 Å². The van der Waals surface area contributed by atoms with E-state index in [0.717, 1.165) is 43.5 Å². The fourth-order valence-corrected chi connectivity index (χ4v) is 2.61. The fraction of sp³-hybridized carbons (Fsp3) is 0.625. The Morgan fingerprint density at radius 3 is 2.50 bits per heavy atom. The van der Waals surface area contributed by atoms with E-state index in [2.05, 4.69) is 12.2 Å². The predicted molar refractivity (Wildman–Crippen MR) is 74.9 cm³/mol. The molecule has 1 unspecified atom stereocenters. The lowest BCUT2D eigenvalue weighted by Crippen LogP contribution is -2.16. The second-order valence-corrected chi connectivity index (χ2v) is 5.49. The number of hydrogen-bond donors (Lipinski definition) is 1. The highest BCUT2D eigenvalue weighted by Gasteiger charge is 2.37. The maximum atomic E-state index is 12.6. The Balaban J connectivity index is 1.66. The number of fused-ring (bicyclic) bond motifs is 1. The Hall–Kier alpha value is -1.03. The second-order valence-electron chi connectivity index (χ2n) is 5.49. The van der Waals surface area contributed by atoms with Crippen LogP contribution in [0.3, 0.4) is 0 Å². The lowest BCUT2D eigenvalue weighted by molar-refractivity contribution is -0.137. The van der Waals surface area contributed by atoms with Gasteiger partial charge in [0.05, 0.1) is 5.56 Å². The number of nitrogens with one attached hydrogen (secondary N) is 1. The molecule has 0 radical (unpaired) electrons. The van der Waals surface area contributed by atoms with Gasteiger partial charge in [-0.05, 0) is 55.6 Å². The predicted octanol–water partition coefficient (Wildman–Crippen LogP) is 4.71. The van der Waals surface area contributed by atoms with Crippen LogP contribution in [0.5, 0.6) is 0 Å². The third kappa shape index (κ3) is 3.98. The van der Waals surface area contributed by atoms with Gasteiger partial charge in [-0.1, -0.05) is 25.8 Å². The van der Waals surface area contributed by atoms with Gasteiger partial charge in [-0.15, -0.1) is 0 Å². The van der Waals surface area contributed by atoms with E-state index in [0.29, 0.717) is 0 Å². The SMILES string of the molecule is CCCCNCCCCC1c2ccc(C(F)(F)F)cc21. The third-order valence-electron chi connectivity index (χ3n) is 3.89. The Kier molecular flexibility index (Phi) is 5.08. The average molecular weight is 285 g/mol. The van der Waals surface area contributed by atoms with E-state index in [9.17, 15) is 13.2 Å². The lowest BCUT2D eigenvalue weighted by Gasteiger charge is -2.04. The Labute approximate surface area is 118 Å². The zero-order valence-corrected chi connectivity index (χ0v) is 11.9. The zero-order chi connectivity index (χ0) is 14.6. The molecule has 112 valence electrons. The van der Waals surface area contributed by atoms with Crippen molar-refractivity contribution in [2.24, 2.45) is 0 Å². The summed E-state index contributed by atoms with van der Waals surface area (Å²) in [7, 11) is 0. The van der Waals surface area contributed by atoms with Crippen molar-refractivity contribution in [3.8, 4) is 0 Å². The summed E-state index contributed by atoms with van der Waals surface area (Å²) < 4.78 is 37.7. The van der Waals surface area contributed by atoms with Crippen molar-refractivity contribution in [1.29, 1.82) is 0 Å². The standard InChI is InChI=1S/C16H22F3N/c1-2-3-9-20-10-5-4-6-13-14-8-7-12(11-15(13)14)16(17,18)19/h7-8,11,13,20H,2-6,9-10H2,1H3. The molecule has 1 N–H and O–H groups in total. The van der Waals surface area contributed by atoms with Gasteiger partial charge >= 0.3 is 6.18 Å². The maximum Gasteiger partial charge on any atom is 0.416 e. The van der Waals surface area contributed by atoms with Gasteiger partial charge in [0, 0.05) is 5.92 Å². The van der Waals surface area contributed by atoms with Gasteiger partial charge in [-0.25, -0.2) is 0 Å². The molecule has 0 aliphatic heterocycles. The summed E-state index contributed by atoms with van der Waals surface area (Å²) in [5.41, 5.74) is 1.50. The molecule has 1 aromatic rings. The Morgan fingerprint density at radius 1 is 1.05 bits per heavy atom. The van der Waals surface area contributed by atoms with Crippen molar-refractivity contribution in [1.82, 2.24) is 5.32 Å². The van der Waals surface area contributed by atoms with E-state index in [1.165, 1.54) is 25.0 Å². The maximum absolute atomic E-state index is 12.6. The highest BCUT2D eigenvalue weighted by atomic mass is 19.4. The minimum absolute atomic E-state index is 0.279.